The zero-order valence-corrected chi connectivity index (χ0v) is 9.93. The Morgan fingerprint density at radius 2 is 1.82 bits per heavy atom. The van der Waals surface area contributed by atoms with E-state index in [1.165, 1.54) is 14.2 Å². The van der Waals surface area contributed by atoms with Gasteiger partial charge in [-0.05, 0) is 6.07 Å². The molecular weight excluding hydrogens is 222 g/mol. The lowest BCUT2D eigenvalue weighted by molar-refractivity contribution is 0.0318. The Labute approximate surface area is 100 Å². The number of hydrogen-bond acceptors (Lipinski definition) is 5. The molecule has 0 spiro atoms. The summed E-state index contributed by atoms with van der Waals surface area (Å²) in [6.45, 7) is 0.227. The van der Waals surface area contributed by atoms with Crippen LogP contribution in [0, 0.1) is 11.3 Å². The third-order valence-electron chi connectivity index (χ3n) is 1.98. The molecule has 0 heterocycles. The minimum atomic E-state index is 0.103. The van der Waals surface area contributed by atoms with Gasteiger partial charge in [0.15, 0.2) is 25.1 Å². The van der Waals surface area contributed by atoms with Gasteiger partial charge in [-0.3, -0.25) is 0 Å². The van der Waals surface area contributed by atoms with Crippen molar-refractivity contribution in [2.75, 3.05) is 27.8 Å². The number of benzene rings is 1. The third kappa shape index (κ3) is 3.94. The Hall–Kier alpha value is -1.77. The van der Waals surface area contributed by atoms with Crippen LogP contribution in [0.5, 0.6) is 11.5 Å². The molecule has 0 atom stereocenters. The van der Waals surface area contributed by atoms with Crippen molar-refractivity contribution in [3.05, 3.63) is 23.8 Å². The van der Waals surface area contributed by atoms with Crippen LogP contribution in [0.15, 0.2) is 18.2 Å². The highest BCUT2D eigenvalue weighted by molar-refractivity contribution is 5.47. The van der Waals surface area contributed by atoms with E-state index in [1.54, 1.807) is 12.1 Å². The highest BCUT2D eigenvalue weighted by Gasteiger charge is 2.10. The van der Waals surface area contributed by atoms with Gasteiger partial charge in [0, 0.05) is 19.8 Å². The molecule has 0 aliphatic heterocycles. The Morgan fingerprint density at radius 3 is 2.47 bits per heavy atom. The zero-order valence-electron chi connectivity index (χ0n) is 9.93. The minimum absolute atomic E-state index is 0.103. The highest BCUT2D eigenvalue weighted by atomic mass is 16.7. The van der Waals surface area contributed by atoms with Gasteiger partial charge in [-0.2, -0.15) is 5.26 Å². The summed E-state index contributed by atoms with van der Waals surface area (Å²) in [7, 11) is 3.07. The van der Waals surface area contributed by atoms with Crippen LogP contribution in [0.4, 0.5) is 0 Å². The van der Waals surface area contributed by atoms with Crippen LogP contribution in [0.1, 0.15) is 5.56 Å². The molecule has 0 saturated carbocycles. The van der Waals surface area contributed by atoms with Crippen LogP contribution in [0.25, 0.3) is 0 Å². The Morgan fingerprint density at radius 1 is 1.12 bits per heavy atom. The smallest absolute Gasteiger partial charge is 0.188 e. The molecule has 5 nitrogen and oxygen atoms in total. The number of hydrogen-bond donors (Lipinski definition) is 0. The van der Waals surface area contributed by atoms with Crippen molar-refractivity contribution < 1.29 is 18.9 Å². The number of para-hydroxylation sites is 1. The molecule has 0 aromatic heterocycles. The second-order valence-corrected chi connectivity index (χ2v) is 3.18. The number of methoxy groups -OCH3 is 2. The molecular formula is C12H15NO4. The molecule has 0 aliphatic rings. The van der Waals surface area contributed by atoms with Crippen LogP contribution < -0.4 is 9.47 Å². The van der Waals surface area contributed by atoms with Crippen molar-refractivity contribution in [1.82, 2.24) is 0 Å². The molecule has 17 heavy (non-hydrogen) atoms. The van der Waals surface area contributed by atoms with E-state index in [0.29, 0.717) is 11.5 Å². The molecule has 0 saturated heterocycles. The molecule has 0 radical (unpaired) electrons. The van der Waals surface area contributed by atoms with Gasteiger partial charge in [0.2, 0.25) is 0 Å². The van der Waals surface area contributed by atoms with Crippen LogP contribution in [0.3, 0.4) is 0 Å². The maximum Gasteiger partial charge on any atom is 0.188 e. The summed E-state index contributed by atoms with van der Waals surface area (Å²) in [6, 6.07) is 7.45. The van der Waals surface area contributed by atoms with Crippen LogP contribution in [-0.4, -0.2) is 27.8 Å². The van der Waals surface area contributed by atoms with E-state index in [2.05, 4.69) is 6.07 Å². The standard InChI is InChI=1S/C12H15NO4/c1-14-8-16-11-5-3-4-10(6-7-13)12(11)17-9-15-2/h3-5H,6,8-9H2,1-2H3. The SMILES string of the molecule is COCOc1cccc(CC#N)c1OCOC. The Balaban J connectivity index is 2.92. The van der Waals surface area contributed by atoms with Gasteiger partial charge < -0.3 is 18.9 Å². The van der Waals surface area contributed by atoms with E-state index in [1.807, 2.05) is 6.07 Å². The predicted molar refractivity (Wildman–Crippen MR) is 60.8 cm³/mol. The van der Waals surface area contributed by atoms with Gasteiger partial charge in [0.1, 0.15) is 0 Å². The molecule has 0 unspecified atom stereocenters. The molecule has 0 aliphatic carbocycles. The summed E-state index contributed by atoms with van der Waals surface area (Å²) in [5, 5.41) is 8.73. The Kier molecular flexibility index (Phi) is 5.86. The van der Waals surface area contributed by atoms with E-state index in [9.17, 15) is 0 Å². The molecule has 0 N–H and O–H groups in total. The molecule has 1 aromatic rings. The lowest BCUT2D eigenvalue weighted by Gasteiger charge is -2.14. The average molecular weight is 237 g/mol. The molecule has 5 heteroatoms. The number of rotatable bonds is 7. The molecule has 0 amide bonds. The minimum Gasteiger partial charge on any atom is -0.464 e. The quantitative estimate of drug-likeness (QED) is 0.676. The van der Waals surface area contributed by atoms with E-state index in [0.717, 1.165) is 5.56 Å². The summed E-state index contributed by atoms with van der Waals surface area (Å²) in [6.07, 6.45) is 0.253. The van der Waals surface area contributed by atoms with Crippen molar-refractivity contribution in [2.24, 2.45) is 0 Å². The molecule has 0 fully saturated rings. The normalized spacial score (nSPS) is 9.71. The zero-order chi connectivity index (χ0) is 12.5. The van der Waals surface area contributed by atoms with Gasteiger partial charge in [-0.15, -0.1) is 0 Å². The van der Waals surface area contributed by atoms with Gasteiger partial charge in [0.25, 0.3) is 0 Å². The first-order valence-corrected chi connectivity index (χ1v) is 5.05. The first-order valence-electron chi connectivity index (χ1n) is 5.05. The van der Waals surface area contributed by atoms with Gasteiger partial charge in [0.05, 0.1) is 12.5 Å². The molecule has 1 aromatic carbocycles. The van der Waals surface area contributed by atoms with Crippen molar-refractivity contribution in [3.8, 4) is 17.6 Å². The van der Waals surface area contributed by atoms with E-state index < -0.39 is 0 Å². The largest absolute Gasteiger partial charge is 0.464 e. The third-order valence-corrected chi connectivity index (χ3v) is 1.98. The number of ether oxygens (including phenoxy) is 4. The topological polar surface area (TPSA) is 60.7 Å². The highest BCUT2D eigenvalue weighted by Crippen LogP contribution is 2.31. The first kappa shape index (κ1) is 13.3. The summed E-state index contributed by atoms with van der Waals surface area (Å²) < 4.78 is 20.4. The van der Waals surface area contributed by atoms with Crippen LogP contribution in [-0.2, 0) is 15.9 Å². The van der Waals surface area contributed by atoms with Crippen molar-refractivity contribution in [3.63, 3.8) is 0 Å². The van der Waals surface area contributed by atoms with E-state index in [-0.39, 0.29) is 20.0 Å². The maximum atomic E-state index is 8.73. The predicted octanol–water partition coefficient (Wildman–Crippen LogP) is 1.72. The number of nitriles is 1. The fraction of sp³-hybridized carbons (Fsp3) is 0.417. The monoisotopic (exact) mass is 237 g/mol. The van der Waals surface area contributed by atoms with Crippen molar-refractivity contribution >= 4 is 0 Å². The summed E-state index contributed by atoms with van der Waals surface area (Å²) in [4.78, 5) is 0. The van der Waals surface area contributed by atoms with Crippen molar-refractivity contribution in [2.45, 2.75) is 6.42 Å². The van der Waals surface area contributed by atoms with Crippen LogP contribution in [0.2, 0.25) is 0 Å². The maximum absolute atomic E-state index is 8.73. The molecule has 0 bridgehead atoms. The first-order chi connectivity index (χ1) is 8.33. The fourth-order valence-electron chi connectivity index (χ4n) is 1.30. The lowest BCUT2D eigenvalue weighted by atomic mass is 10.1. The van der Waals surface area contributed by atoms with Gasteiger partial charge >= 0.3 is 0 Å². The van der Waals surface area contributed by atoms with Gasteiger partial charge in [-0.25, -0.2) is 0 Å². The summed E-state index contributed by atoms with van der Waals surface area (Å²) >= 11 is 0. The molecule has 92 valence electrons. The summed E-state index contributed by atoms with van der Waals surface area (Å²) in [5.41, 5.74) is 0.762. The van der Waals surface area contributed by atoms with Crippen molar-refractivity contribution in [1.29, 1.82) is 5.26 Å². The number of nitrogens with zero attached hydrogens (tertiary/aromatic N) is 1. The molecule has 1 rings (SSSR count). The Bertz CT molecular complexity index is 387. The average Bonchev–Trinajstić information content (AvgIpc) is 2.35. The fourth-order valence-corrected chi connectivity index (χ4v) is 1.30. The second kappa shape index (κ2) is 7.49. The summed E-state index contributed by atoms with van der Waals surface area (Å²) in [5.74, 6) is 1.06. The van der Waals surface area contributed by atoms with E-state index >= 15 is 0 Å². The van der Waals surface area contributed by atoms with Gasteiger partial charge in [-0.1, -0.05) is 12.1 Å². The lowest BCUT2D eigenvalue weighted by Crippen LogP contribution is -2.06. The van der Waals surface area contributed by atoms with Crippen LogP contribution >= 0.6 is 0 Å². The second-order valence-electron chi connectivity index (χ2n) is 3.18. The van der Waals surface area contributed by atoms with E-state index in [4.69, 9.17) is 24.2 Å².